The fourth-order valence-corrected chi connectivity index (χ4v) is 2.80. The molecule has 0 atom stereocenters. The summed E-state index contributed by atoms with van der Waals surface area (Å²) in [6, 6.07) is 7.11. The van der Waals surface area contributed by atoms with Crippen LogP contribution >= 0.6 is 11.6 Å². The van der Waals surface area contributed by atoms with Gasteiger partial charge in [-0.25, -0.2) is 0 Å². The summed E-state index contributed by atoms with van der Waals surface area (Å²) in [6.07, 6.45) is 1.25. The van der Waals surface area contributed by atoms with Gasteiger partial charge in [0.25, 0.3) is 5.91 Å². The van der Waals surface area contributed by atoms with Gasteiger partial charge in [0.05, 0.1) is 11.3 Å². The maximum atomic E-state index is 12.1. The molecule has 1 heterocycles. The predicted octanol–water partition coefficient (Wildman–Crippen LogP) is 1.49. The van der Waals surface area contributed by atoms with Crippen LogP contribution in [-0.2, 0) is 21.5 Å². The quantitative estimate of drug-likeness (QED) is 0.913. The van der Waals surface area contributed by atoms with Crippen LogP contribution in [0.15, 0.2) is 40.4 Å². The molecule has 0 radical (unpaired) electrons. The molecule has 2 rings (SSSR count). The van der Waals surface area contributed by atoms with Gasteiger partial charge < -0.3 is 5.32 Å². The second kappa shape index (κ2) is 5.87. The van der Waals surface area contributed by atoms with Gasteiger partial charge in [0.1, 0.15) is 0 Å². The average Bonchev–Trinajstić information content (AvgIpc) is 2.40. The lowest BCUT2D eigenvalue weighted by molar-refractivity contribution is -0.117. The molecule has 0 saturated carbocycles. The van der Waals surface area contributed by atoms with Crippen molar-refractivity contribution >= 4 is 33.4 Å². The first kappa shape index (κ1) is 15.5. The molecule has 0 saturated heterocycles. The molecule has 1 amide bonds. The van der Waals surface area contributed by atoms with Crippen LogP contribution in [0.3, 0.4) is 0 Å². The summed E-state index contributed by atoms with van der Waals surface area (Å²) in [7, 11) is -2.37. The van der Waals surface area contributed by atoms with Crippen LogP contribution in [0.25, 0.3) is 0 Å². The number of amides is 1. The maximum Gasteiger partial charge on any atom is 0.344 e. The summed E-state index contributed by atoms with van der Waals surface area (Å²) in [5.74, 6) is -0.391. The number of rotatable bonds is 3. The largest absolute Gasteiger partial charge is 0.348 e. The van der Waals surface area contributed by atoms with Gasteiger partial charge in [-0.2, -0.15) is 8.42 Å². The zero-order valence-electron chi connectivity index (χ0n) is 11.5. The van der Waals surface area contributed by atoms with Crippen LogP contribution in [0.5, 0.6) is 0 Å². The summed E-state index contributed by atoms with van der Waals surface area (Å²) in [4.78, 5) is 12.1. The molecule has 1 aliphatic heterocycles. The molecule has 8 heteroatoms. The van der Waals surface area contributed by atoms with E-state index < -0.39 is 16.1 Å². The fourth-order valence-electron chi connectivity index (χ4n) is 1.78. The van der Waals surface area contributed by atoms with Crippen LogP contribution in [0.1, 0.15) is 12.5 Å². The minimum absolute atomic E-state index is 0.164. The first-order valence-electron chi connectivity index (χ1n) is 6.09. The van der Waals surface area contributed by atoms with Crippen LogP contribution in [-0.4, -0.2) is 31.4 Å². The van der Waals surface area contributed by atoms with Crippen molar-refractivity contribution in [3.63, 3.8) is 0 Å². The molecule has 0 unspecified atom stereocenters. The number of nitrogens with one attached hydrogen (secondary N) is 1. The Hall–Kier alpha value is -1.86. The topological polar surface area (TPSA) is 78.8 Å². The molecule has 6 nitrogen and oxygen atoms in total. The third-order valence-electron chi connectivity index (χ3n) is 2.90. The number of halogens is 1. The van der Waals surface area contributed by atoms with E-state index in [1.807, 2.05) is 6.07 Å². The van der Waals surface area contributed by atoms with Gasteiger partial charge in [-0.1, -0.05) is 23.7 Å². The fraction of sp³-hybridized carbons (Fsp3) is 0.231. The van der Waals surface area contributed by atoms with E-state index in [1.54, 1.807) is 18.2 Å². The molecular weight excluding hydrogens is 314 g/mol. The van der Waals surface area contributed by atoms with E-state index in [4.69, 9.17) is 11.6 Å². The van der Waals surface area contributed by atoms with Crippen LogP contribution in [0.2, 0.25) is 5.02 Å². The van der Waals surface area contributed by atoms with E-state index in [2.05, 4.69) is 9.71 Å². The summed E-state index contributed by atoms with van der Waals surface area (Å²) >= 11 is 5.87. The number of nitrogens with zero attached hydrogens (tertiary/aromatic N) is 2. The molecule has 0 spiro atoms. The highest BCUT2D eigenvalue weighted by molar-refractivity contribution is 7.88. The van der Waals surface area contributed by atoms with Crippen LogP contribution < -0.4 is 5.32 Å². The van der Waals surface area contributed by atoms with Gasteiger partial charge in [0, 0.05) is 24.8 Å². The van der Waals surface area contributed by atoms with Crippen molar-refractivity contribution in [1.82, 2.24) is 9.62 Å². The van der Waals surface area contributed by atoms with E-state index in [9.17, 15) is 13.2 Å². The molecule has 21 heavy (non-hydrogen) atoms. The van der Waals surface area contributed by atoms with E-state index in [0.29, 0.717) is 11.6 Å². The lowest BCUT2D eigenvalue weighted by Gasteiger charge is -2.19. The monoisotopic (exact) mass is 327 g/mol. The molecule has 0 bridgehead atoms. The third-order valence-corrected chi connectivity index (χ3v) is 4.48. The minimum Gasteiger partial charge on any atom is -0.348 e. The first-order valence-corrected chi connectivity index (χ1v) is 7.86. The molecule has 112 valence electrons. The van der Waals surface area contributed by atoms with Gasteiger partial charge in [-0.05, 0) is 24.6 Å². The Morgan fingerprint density at radius 2 is 2.14 bits per heavy atom. The van der Waals surface area contributed by atoms with Gasteiger partial charge in [0.15, 0.2) is 0 Å². The van der Waals surface area contributed by atoms with Crippen molar-refractivity contribution < 1.29 is 13.2 Å². The molecule has 1 N–H and O–H groups in total. The Labute approximate surface area is 128 Å². The van der Waals surface area contributed by atoms with Gasteiger partial charge in [0.2, 0.25) is 0 Å². The molecular formula is C13H14ClN3O3S. The number of carbonyl (C=O) groups excluding carboxylic acids is 1. The molecule has 0 aromatic heterocycles. The van der Waals surface area contributed by atoms with Crippen molar-refractivity contribution in [2.24, 2.45) is 4.40 Å². The number of hydrogen-bond donors (Lipinski definition) is 1. The smallest absolute Gasteiger partial charge is 0.344 e. The highest BCUT2D eigenvalue weighted by atomic mass is 35.5. The number of carbonyl (C=O) groups is 1. The van der Waals surface area contributed by atoms with E-state index >= 15 is 0 Å². The summed E-state index contributed by atoms with van der Waals surface area (Å²) < 4.78 is 27.5. The second-order valence-electron chi connectivity index (χ2n) is 4.53. The molecule has 0 fully saturated rings. The highest BCUT2D eigenvalue weighted by Gasteiger charge is 2.25. The van der Waals surface area contributed by atoms with E-state index in [1.165, 1.54) is 20.2 Å². The first-order chi connectivity index (χ1) is 9.79. The normalized spacial score (nSPS) is 17.0. The van der Waals surface area contributed by atoms with Gasteiger partial charge in [-0.3, -0.25) is 9.10 Å². The van der Waals surface area contributed by atoms with E-state index in [-0.39, 0.29) is 11.3 Å². The van der Waals surface area contributed by atoms with E-state index in [0.717, 1.165) is 9.87 Å². The van der Waals surface area contributed by atoms with Gasteiger partial charge in [-0.15, -0.1) is 4.40 Å². The lowest BCUT2D eigenvalue weighted by atomic mass is 10.1. The molecule has 1 aliphatic rings. The lowest BCUT2D eigenvalue weighted by Crippen LogP contribution is -2.33. The molecule has 1 aromatic rings. The van der Waals surface area contributed by atoms with Crippen molar-refractivity contribution in [2.45, 2.75) is 13.5 Å². The average molecular weight is 328 g/mol. The standard InChI is InChI=1S/C13H14ClN3O3S/c1-9-12(8-17(2)21(19,20)16-9)13(18)15-7-10-4-3-5-11(14)6-10/h3-6,8H,7H2,1-2H3,(H,15,18). The Kier molecular flexibility index (Phi) is 4.34. The zero-order chi connectivity index (χ0) is 15.6. The van der Waals surface area contributed by atoms with Crippen LogP contribution in [0.4, 0.5) is 0 Å². The van der Waals surface area contributed by atoms with Crippen molar-refractivity contribution in [3.8, 4) is 0 Å². The Morgan fingerprint density at radius 1 is 1.43 bits per heavy atom. The SMILES string of the molecule is CC1=NS(=O)(=O)N(C)C=C1C(=O)NCc1cccc(Cl)c1. The minimum atomic E-state index is -3.70. The van der Waals surface area contributed by atoms with Gasteiger partial charge >= 0.3 is 10.2 Å². The Bertz CT molecular complexity index is 741. The summed E-state index contributed by atoms with van der Waals surface area (Å²) in [6.45, 7) is 1.77. The second-order valence-corrected chi connectivity index (χ2v) is 6.62. The third kappa shape index (κ3) is 3.62. The molecule has 1 aromatic carbocycles. The predicted molar refractivity (Wildman–Crippen MR) is 81.2 cm³/mol. The van der Waals surface area contributed by atoms with Crippen molar-refractivity contribution in [3.05, 3.63) is 46.6 Å². The summed E-state index contributed by atoms with van der Waals surface area (Å²) in [5, 5.41) is 3.29. The van der Waals surface area contributed by atoms with Crippen molar-refractivity contribution in [2.75, 3.05) is 7.05 Å². The van der Waals surface area contributed by atoms with Crippen molar-refractivity contribution in [1.29, 1.82) is 0 Å². The number of hydrogen-bond acceptors (Lipinski definition) is 3. The van der Waals surface area contributed by atoms with Crippen LogP contribution in [0, 0.1) is 0 Å². The maximum absolute atomic E-state index is 12.1. The zero-order valence-corrected chi connectivity index (χ0v) is 13.1. The Balaban J connectivity index is 2.09. The number of benzene rings is 1. The summed E-state index contributed by atoms with van der Waals surface area (Å²) in [5.41, 5.74) is 1.23. The Morgan fingerprint density at radius 3 is 2.81 bits per heavy atom. The highest BCUT2D eigenvalue weighted by Crippen LogP contribution is 2.15. The molecule has 0 aliphatic carbocycles.